The second-order valence-electron chi connectivity index (χ2n) is 5.69. The van der Waals surface area contributed by atoms with E-state index in [1.807, 2.05) is 11.5 Å². The van der Waals surface area contributed by atoms with E-state index in [9.17, 15) is 9.18 Å². The van der Waals surface area contributed by atoms with Gasteiger partial charge in [-0.3, -0.25) is 4.79 Å². The van der Waals surface area contributed by atoms with Gasteiger partial charge >= 0.3 is 0 Å². The van der Waals surface area contributed by atoms with Crippen molar-refractivity contribution in [2.45, 2.75) is 32.2 Å². The highest BCUT2D eigenvalue weighted by atomic mass is 127. The van der Waals surface area contributed by atoms with E-state index in [0.717, 1.165) is 28.8 Å². The summed E-state index contributed by atoms with van der Waals surface area (Å²) in [7, 11) is 0. The van der Waals surface area contributed by atoms with Gasteiger partial charge < -0.3 is 9.47 Å². The molecule has 1 aromatic carbocycles. The van der Waals surface area contributed by atoms with Crippen molar-refractivity contribution in [3.8, 4) is 0 Å². The third-order valence-electron chi connectivity index (χ3n) is 4.22. The number of amides is 1. The summed E-state index contributed by atoms with van der Waals surface area (Å²) in [6.07, 6.45) is 3.63. The van der Waals surface area contributed by atoms with Crippen molar-refractivity contribution in [2.24, 2.45) is 0 Å². The Morgan fingerprint density at radius 3 is 3.09 bits per heavy atom. The van der Waals surface area contributed by atoms with Crippen molar-refractivity contribution >= 4 is 28.5 Å². The number of piperidine rings is 1. The van der Waals surface area contributed by atoms with Crippen LogP contribution < -0.4 is 0 Å². The van der Waals surface area contributed by atoms with Crippen molar-refractivity contribution in [1.82, 2.24) is 19.7 Å². The topological polar surface area (TPSA) is 51.0 Å². The number of aryl methyl sites for hydroxylation is 1. The van der Waals surface area contributed by atoms with Crippen molar-refractivity contribution in [3.63, 3.8) is 0 Å². The Balaban J connectivity index is 1.81. The molecular formula is C16H18FIN4O. The fraction of sp³-hybridized carbons (Fsp3) is 0.438. The summed E-state index contributed by atoms with van der Waals surface area (Å²) < 4.78 is 16.3. The van der Waals surface area contributed by atoms with Gasteiger partial charge in [0.15, 0.2) is 0 Å². The lowest BCUT2D eigenvalue weighted by molar-refractivity contribution is 0.0701. The Labute approximate surface area is 148 Å². The molecule has 0 saturated carbocycles. The normalized spacial score (nSPS) is 18.2. The SMILES string of the molecule is CCn1cnnc1C1CCCN(C(=O)c2cc(F)ccc2I)C1. The molecule has 1 saturated heterocycles. The van der Waals surface area contributed by atoms with Gasteiger partial charge in [-0.2, -0.15) is 0 Å². The third kappa shape index (κ3) is 3.39. The van der Waals surface area contributed by atoms with Gasteiger partial charge in [0.2, 0.25) is 0 Å². The maximum atomic E-state index is 13.5. The average Bonchev–Trinajstić information content (AvgIpc) is 3.05. The smallest absolute Gasteiger partial charge is 0.255 e. The van der Waals surface area contributed by atoms with E-state index in [1.54, 1.807) is 17.3 Å². The van der Waals surface area contributed by atoms with Gasteiger partial charge in [-0.25, -0.2) is 4.39 Å². The van der Waals surface area contributed by atoms with Gasteiger partial charge in [-0.05, 0) is 60.6 Å². The monoisotopic (exact) mass is 428 g/mol. The number of rotatable bonds is 3. The molecule has 5 nitrogen and oxygen atoms in total. The van der Waals surface area contributed by atoms with Crippen LogP contribution in [0, 0.1) is 9.39 Å². The molecule has 7 heteroatoms. The number of halogens is 2. The number of hydrogen-bond donors (Lipinski definition) is 0. The molecule has 23 heavy (non-hydrogen) atoms. The largest absolute Gasteiger partial charge is 0.338 e. The standard InChI is InChI=1S/C16H18FIN4O/c1-2-21-10-19-20-15(21)11-4-3-7-22(9-11)16(23)13-8-12(17)5-6-14(13)18/h5-6,8,10-11H,2-4,7,9H2,1H3. The molecule has 1 aliphatic heterocycles. The first kappa shape index (κ1) is 16.4. The Morgan fingerprint density at radius 1 is 1.48 bits per heavy atom. The molecule has 0 N–H and O–H groups in total. The van der Waals surface area contributed by atoms with Crippen LogP contribution in [0.15, 0.2) is 24.5 Å². The summed E-state index contributed by atoms with van der Waals surface area (Å²) in [5.41, 5.74) is 0.434. The van der Waals surface area contributed by atoms with Crippen LogP contribution in [0.4, 0.5) is 4.39 Å². The highest BCUT2D eigenvalue weighted by Gasteiger charge is 2.29. The van der Waals surface area contributed by atoms with Crippen molar-refractivity contribution in [2.75, 3.05) is 13.1 Å². The van der Waals surface area contributed by atoms with Crippen LogP contribution in [0.2, 0.25) is 0 Å². The molecule has 1 aliphatic rings. The van der Waals surface area contributed by atoms with Crippen molar-refractivity contribution in [1.29, 1.82) is 0 Å². The summed E-state index contributed by atoms with van der Waals surface area (Å²) in [6.45, 7) is 4.16. The zero-order valence-corrected chi connectivity index (χ0v) is 15.0. The first-order valence-electron chi connectivity index (χ1n) is 7.72. The second kappa shape index (κ2) is 6.94. The molecule has 2 aromatic rings. The maximum Gasteiger partial charge on any atom is 0.255 e. The lowest BCUT2D eigenvalue weighted by Crippen LogP contribution is -2.40. The fourth-order valence-corrected chi connectivity index (χ4v) is 3.59. The number of likely N-dealkylation sites (tertiary alicyclic amines) is 1. The predicted octanol–water partition coefficient (Wildman–Crippen LogP) is 3.06. The van der Waals surface area contributed by atoms with Crippen LogP contribution in [0.25, 0.3) is 0 Å². The molecule has 0 radical (unpaired) electrons. The lowest BCUT2D eigenvalue weighted by atomic mass is 9.96. The fourth-order valence-electron chi connectivity index (χ4n) is 3.03. The van der Waals surface area contributed by atoms with E-state index in [2.05, 4.69) is 32.8 Å². The second-order valence-corrected chi connectivity index (χ2v) is 6.85. The van der Waals surface area contributed by atoms with Gasteiger partial charge in [0, 0.05) is 29.1 Å². The van der Waals surface area contributed by atoms with Crippen LogP contribution >= 0.6 is 22.6 Å². The summed E-state index contributed by atoms with van der Waals surface area (Å²) >= 11 is 2.07. The van der Waals surface area contributed by atoms with Crippen LogP contribution in [0.3, 0.4) is 0 Å². The summed E-state index contributed by atoms with van der Waals surface area (Å²) in [5.74, 6) is 0.620. The Bertz CT molecular complexity index is 718. The van der Waals surface area contributed by atoms with E-state index >= 15 is 0 Å². The predicted molar refractivity (Wildman–Crippen MR) is 92.7 cm³/mol. The summed E-state index contributed by atoms with van der Waals surface area (Å²) in [5, 5.41) is 8.20. The van der Waals surface area contributed by atoms with Crippen molar-refractivity contribution < 1.29 is 9.18 Å². The minimum Gasteiger partial charge on any atom is -0.338 e. The van der Waals surface area contributed by atoms with E-state index in [4.69, 9.17) is 0 Å². The first-order valence-corrected chi connectivity index (χ1v) is 8.80. The maximum absolute atomic E-state index is 13.5. The number of carbonyl (C=O) groups is 1. The molecule has 1 atom stereocenters. The van der Waals surface area contributed by atoms with Gasteiger partial charge in [0.1, 0.15) is 18.0 Å². The zero-order valence-electron chi connectivity index (χ0n) is 12.9. The van der Waals surface area contributed by atoms with E-state index in [0.29, 0.717) is 18.7 Å². The van der Waals surface area contributed by atoms with Gasteiger partial charge in [-0.15, -0.1) is 10.2 Å². The molecular weight excluding hydrogens is 410 g/mol. The number of nitrogens with zero attached hydrogens (tertiary/aromatic N) is 4. The minimum atomic E-state index is -0.381. The molecule has 0 aliphatic carbocycles. The molecule has 1 amide bonds. The summed E-state index contributed by atoms with van der Waals surface area (Å²) in [4.78, 5) is 14.6. The molecule has 0 spiro atoms. The van der Waals surface area contributed by atoms with Crippen LogP contribution in [-0.2, 0) is 6.54 Å². The molecule has 122 valence electrons. The third-order valence-corrected chi connectivity index (χ3v) is 5.16. The van der Waals surface area contributed by atoms with Crippen LogP contribution in [0.5, 0.6) is 0 Å². The van der Waals surface area contributed by atoms with E-state index in [1.165, 1.54) is 12.1 Å². The molecule has 2 heterocycles. The Morgan fingerprint density at radius 2 is 2.30 bits per heavy atom. The van der Waals surface area contributed by atoms with E-state index in [-0.39, 0.29) is 17.6 Å². The zero-order chi connectivity index (χ0) is 16.4. The molecule has 1 fully saturated rings. The van der Waals surface area contributed by atoms with Gasteiger partial charge in [-0.1, -0.05) is 0 Å². The molecule has 3 rings (SSSR count). The number of carbonyl (C=O) groups excluding carboxylic acids is 1. The number of aromatic nitrogens is 3. The van der Waals surface area contributed by atoms with E-state index < -0.39 is 0 Å². The molecule has 1 aromatic heterocycles. The average molecular weight is 428 g/mol. The number of benzene rings is 1. The van der Waals surface area contributed by atoms with Gasteiger partial charge in [0.05, 0.1) is 5.56 Å². The molecule has 1 unspecified atom stereocenters. The van der Waals surface area contributed by atoms with Crippen LogP contribution in [0.1, 0.15) is 41.9 Å². The van der Waals surface area contributed by atoms with Gasteiger partial charge in [0.25, 0.3) is 5.91 Å². The quantitative estimate of drug-likeness (QED) is 0.707. The summed E-state index contributed by atoms with van der Waals surface area (Å²) in [6, 6.07) is 4.34. The highest BCUT2D eigenvalue weighted by Crippen LogP contribution is 2.27. The minimum absolute atomic E-state index is 0.110. The molecule has 0 bridgehead atoms. The van der Waals surface area contributed by atoms with Crippen LogP contribution in [-0.4, -0.2) is 38.7 Å². The van der Waals surface area contributed by atoms with Crippen molar-refractivity contribution in [3.05, 3.63) is 45.3 Å². The first-order chi connectivity index (χ1) is 11.1. The Kier molecular flexibility index (Phi) is 4.93. The Hall–Kier alpha value is -1.51. The highest BCUT2D eigenvalue weighted by molar-refractivity contribution is 14.1. The number of hydrogen-bond acceptors (Lipinski definition) is 3. The lowest BCUT2D eigenvalue weighted by Gasteiger charge is -2.32.